The van der Waals surface area contributed by atoms with Gasteiger partial charge in [0.15, 0.2) is 0 Å². The number of carbonyl (C=O) groups excluding carboxylic acids is 1. The predicted molar refractivity (Wildman–Crippen MR) is 94.5 cm³/mol. The van der Waals surface area contributed by atoms with E-state index in [4.69, 9.17) is 0 Å². The number of carbonyl (C=O) groups is 3. The van der Waals surface area contributed by atoms with Gasteiger partial charge in [-0.1, -0.05) is 24.3 Å². The van der Waals surface area contributed by atoms with Crippen LogP contribution in [0.25, 0.3) is 0 Å². The quantitative estimate of drug-likeness (QED) is 0.731. The van der Waals surface area contributed by atoms with Crippen LogP contribution in [0.1, 0.15) is 28.4 Å². The number of aromatic hydroxyl groups is 1. The fourth-order valence-corrected chi connectivity index (χ4v) is 2.67. The Kier molecular flexibility index (Phi) is 5.61. The van der Waals surface area contributed by atoms with Gasteiger partial charge in [0.2, 0.25) is 5.91 Å². The number of aliphatic carboxylic acids is 1. The Bertz CT molecular complexity index is 844. The molecule has 2 aromatic carbocycles. The van der Waals surface area contributed by atoms with Gasteiger partial charge in [0.05, 0.1) is 17.7 Å². The van der Waals surface area contributed by atoms with Crippen molar-refractivity contribution in [1.82, 2.24) is 0 Å². The van der Waals surface area contributed by atoms with E-state index >= 15 is 0 Å². The molecule has 136 valence electrons. The third-order valence-electron chi connectivity index (χ3n) is 4.01. The first-order valence-electron chi connectivity index (χ1n) is 7.88. The number of amides is 1. The third kappa shape index (κ3) is 4.00. The standard InChI is InChI=1S/C19H19NO6/c1-11-4-3-5-15(19(25)26)17(11)20(12(2)18(23)24)16(22)10-13-6-8-14(21)9-7-13/h3-9,12,21H,10H2,1-2H3,(H,23,24)(H,25,26). The molecule has 7 heteroatoms. The van der Waals surface area contributed by atoms with Crippen LogP contribution in [0.3, 0.4) is 0 Å². The van der Waals surface area contributed by atoms with Crippen molar-refractivity contribution in [3.8, 4) is 5.75 Å². The van der Waals surface area contributed by atoms with E-state index < -0.39 is 23.9 Å². The minimum atomic E-state index is -1.25. The van der Waals surface area contributed by atoms with Crippen LogP contribution in [0.15, 0.2) is 42.5 Å². The summed E-state index contributed by atoms with van der Waals surface area (Å²) in [5, 5.41) is 28.2. The van der Waals surface area contributed by atoms with Crippen LogP contribution in [0.2, 0.25) is 0 Å². The van der Waals surface area contributed by atoms with Crippen LogP contribution >= 0.6 is 0 Å². The van der Waals surface area contributed by atoms with Crippen molar-refractivity contribution in [3.63, 3.8) is 0 Å². The van der Waals surface area contributed by atoms with Crippen LogP contribution in [-0.2, 0) is 16.0 Å². The molecule has 0 radical (unpaired) electrons. The molecule has 3 N–H and O–H groups in total. The molecule has 0 saturated carbocycles. The Morgan fingerprint density at radius 1 is 1.04 bits per heavy atom. The molecule has 2 rings (SSSR count). The van der Waals surface area contributed by atoms with Gasteiger partial charge in [-0.05, 0) is 43.2 Å². The number of nitrogens with zero attached hydrogens (tertiary/aromatic N) is 1. The highest BCUT2D eigenvalue weighted by Gasteiger charge is 2.31. The van der Waals surface area contributed by atoms with Gasteiger partial charge in [0, 0.05) is 0 Å². The Labute approximate surface area is 150 Å². The molecule has 0 heterocycles. The highest BCUT2D eigenvalue weighted by atomic mass is 16.4. The van der Waals surface area contributed by atoms with Crippen LogP contribution in [0.5, 0.6) is 5.75 Å². The lowest BCUT2D eigenvalue weighted by molar-refractivity contribution is -0.139. The van der Waals surface area contributed by atoms with Gasteiger partial charge in [0.25, 0.3) is 0 Å². The van der Waals surface area contributed by atoms with Crippen molar-refractivity contribution in [2.45, 2.75) is 26.3 Å². The zero-order valence-electron chi connectivity index (χ0n) is 14.3. The minimum absolute atomic E-state index is 0.0454. The first kappa shape index (κ1) is 19.0. The highest BCUT2D eigenvalue weighted by molar-refractivity contribution is 6.06. The van der Waals surface area contributed by atoms with Crippen molar-refractivity contribution < 1.29 is 29.7 Å². The molecular weight excluding hydrogens is 338 g/mol. The van der Waals surface area contributed by atoms with Crippen molar-refractivity contribution in [2.24, 2.45) is 0 Å². The molecule has 0 spiro atoms. The molecule has 0 aliphatic heterocycles. The summed E-state index contributed by atoms with van der Waals surface area (Å²) >= 11 is 0. The Hall–Kier alpha value is -3.35. The van der Waals surface area contributed by atoms with Gasteiger partial charge >= 0.3 is 11.9 Å². The molecule has 7 nitrogen and oxygen atoms in total. The molecular formula is C19H19NO6. The Morgan fingerprint density at radius 3 is 2.19 bits per heavy atom. The lowest BCUT2D eigenvalue weighted by Gasteiger charge is -2.29. The molecule has 0 aliphatic rings. The number of phenols is 1. The van der Waals surface area contributed by atoms with Gasteiger partial charge < -0.3 is 15.3 Å². The number of aromatic carboxylic acids is 1. The fraction of sp³-hybridized carbons (Fsp3) is 0.211. The zero-order valence-corrected chi connectivity index (χ0v) is 14.3. The molecule has 0 fully saturated rings. The van der Waals surface area contributed by atoms with Gasteiger partial charge in [-0.3, -0.25) is 9.69 Å². The third-order valence-corrected chi connectivity index (χ3v) is 4.01. The minimum Gasteiger partial charge on any atom is -0.508 e. The number of anilines is 1. The average molecular weight is 357 g/mol. The maximum atomic E-state index is 12.9. The number of aryl methyl sites for hydroxylation is 1. The molecule has 26 heavy (non-hydrogen) atoms. The number of carboxylic acids is 2. The van der Waals surface area contributed by atoms with Gasteiger partial charge in [-0.2, -0.15) is 0 Å². The van der Waals surface area contributed by atoms with E-state index in [9.17, 15) is 29.7 Å². The number of phenolic OH excluding ortho intramolecular Hbond substituents is 1. The van der Waals surface area contributed by atoms with Gasteiger partial charge in [0.1, 0.15) is 11.8 Å². The van der Waals surface area contributed by atoms with Crippen LogP contribution in [0, 0.1) is 6.92 Å². The fourth-order valence-electron chi connectivity index (χ4n) is 2.67. The lowest BCUT2D eigenvalue weighted by atomic mass is 10.0. The monoisotopic (exact) mass is 357 g/mol. The van der Waals surface area contributed by atoms with E-state index in [0.717, 1.165) is 4.90 Å². The summed E-state index contributed by atoms with van der Waals surface area (Å²) < 4.78 is 0. The summed E-state index contributed by atoms with van der Waals surface area (Å²) in [4.78, 5) is 37.0. The van der Waals surface area contributed by atoms with E-state index in [0.29, 0.717) is 11.1 Å². The first-order valence-corrected chi connectivity index (χ1v) is 7.88. The van der Waals surface area contributed by atoms with E-state index in [1.165, 1.54) is 31.2 Å². The number of para-hydroxylation sites is 1. The van der Waals surface area contributed by atoms with Crippen molar-refractivity contribution in [3.05, 3.63) is 59.2 Å². The number of carboxylic acid groups (broad SMARTS) is 2. The predicted octanol–water partition coefficient (Wildman–Crippen LogP) is 2.45. The maximum absolute atomic E-state index is 12.9. The summed E-state index contributed by atoms with van der Waals surface area (Å²) in [5.74, 6) is -3.00. The molecule has 0 saturated heterocycles. The van der Waals surface area contributed by atoms with E-state index in [1.807, 2.05) is 0 Å². The summed E-state index contributed by atoms with van der Waals surface area (Å²) in [5.41, 5.74) is 0.980. The zero-order chi connectivity index (χ0) is 19.4. The smallest absolute Gasteiger partial charge is 0.337 e. The SMILES string of the molecule is Cc1cccc(C(=O)O)c1N(C(=O)Cc1ccc(O)cc1)C(C)C(=O)O. The molecule has 0 aromatic heterocycles. The van der Waals surface area contributed by atoms with E-state index in [2.05, 4.69) is 0 Å². The molecule has 0 bridgehead atoms. The Balaban J connectivity index is 2.51. The maximum Gasteiger partial charge on any atom is 0.337 e. The normalized spacial score (nSPS) is 11.6. The molecule has 1 atom stereocenters. The summed E-state index contributed by atoms with van der Waals surface area (Å²) in [6, 6.07) is 9.18. The first-order chi connectivity index (χ1) is 12.2. The van der Waals surface area contributed by atoms with E-state index in [1.54, 1.807) is 25.1 Å². The number of hydrogen-bond donors (Lipinski definition) is 3. The summed E-state index contributed by atoms with van der Waals surface area (Å²) in [6.07, 6.45) is -0.134. The molecule has 1 unspecified atom stereocenters. The van der Waals surface area contributed by atoms with Gasteiger partial charge in [-0.25, -0.2) is 9.59 Å². The topological polar surface area (TPSA) is 115 Å². The highest BCUT2D eigenvalue weighted by Crippen LogP contribution is 2.28. The second-order valence-electron chi connectivity index (χ2n) is 5.90. The largest absolute Gasteiger partial charge is 0.508 e. The summed E-state index contributed by atoms with van der Waals surface area (Å²) in [7, 11) is 0. The lowest BCUT2D eigenvalue weighted by Crippen LogP contribution is -2.45. The number of rotatable bonds is 6. The van der Waals surface area contributed by atoms with E-state index in [-0.39, 0.29) is 23.4 Å². The Morgan fingerprint density at radius 2 is 1.65 bits per heavy atom. The number of hydrogen-bond acceptors (Lipinski definition) is 4. The summed E-state index contributed by atoms with van der Waals surface area (Å²) in [6.45, 7) is 2.95. The second kappa shape index (κ2) is 7.69. The van der Waals surface area contributed by atoms with Crippen molar-refractivity contribution in [1.29, 1.82) is 0 Å². The van der Waals surface area contributed by atoms with Gasteiger partial charge in [-0.15, -0.1) is 0 Å². The van der Waals surface area contributed by atoms with Crippen LogP contribution in [-0.4, -0.2) is 39.2 Å². The number of benzene rings is 2. The molecule has 1 amide bonds. The van der Waals surface area contributed by atoms with Crippen LogP contribution in [0.4, 0.5) is 5.69 Å². The van der Waals surface area contributed by atoms with Crippen molar-refractivity contribution >= 4 is 23.5 Å². The van der Waals surface area contributed by atoms with Crippen molar-refractivity contribution in [2.75, 3.05) is 4.90 Å². The molecule has 0 aliphatic carbocycles. The second-order valence-corrected chi connectivity index (χ2v) is 5.90. The van der Waals surface area contributed by atoms with Crippen LogP contribution < -0.4 is 4.90 Å². The molecule has 2 aromatic rings. The average Bonchev–Trinajstić information content (AvgIpc) is 2.58.